The summed E-state index contributed by atoms with van der Waals surface area (Å²) in [6, 6.07) is 9.21. The number of pyridine rings is 1. The molecule has 0 amide bonds. The second-order valence-corrected chi connectivity index (χ2v) is 5.35. The molecule has 24 heavy (non-hydrogen) atoms. The van der Waals surface area contributed by atoms with Gasteiger partial charge in [-0.3, -0.25) is 0 Å². The number of rotatable bonds is 5. The predicted octanol–water partition coefficient (Wildman–Crippen LogP) is 2.96. The van der Waals surface area contributed by atoms with E-state index < -0.39 is 10.9 Å². The highest BCUT2D eigenvalue weighted by Crippen LogP contribution is 2.30. The molecular formula is C15H12ClN5O3. The Labute approximate surface area is 141 Å². The lowest BCUT2D eigenvalue weighted by Crippen LogP contribution is -2.03. The van der Waals surface area contributed by atoms with Gasteiger partial charge in [0.15, 0.2) is 0 Å². The normalized spacial score (nSPS) is 10.6. The first kappa shape index (κ1) is 15.9. The molecule has 0 saturated carbocycles. The van der Waals surface area contributed by atoms with E-state index in [1.165, 1.54) is 18.1 Å². The van der Waals surface area contributed by atoms with Crippen molar-refractivity contribution in [2.45, 2.75) is 6.54 Å². The summed E-state index contributed by atoms with van der Waals surface area (Å²) in [5, 5.41) is 15.0. The Hall–Kier alpha value is -3.00. The van der Waals surface area contributed by atoms with Crippen LogP contribution >= 0.6 is 11.6 Å². The van der Waals surface area contributed by atoms with E-state index >= 15 is 0 Å². The molecular weight excluding hydrogens is 334 g/mol. The van der Waals surface area contributed by atoms with E-state index in [0.717, 1.165) is 16.7 Å². The fourth-order valence-electron chi connectivity index (χ4n) is 2.24. The molecule has 0 spiro atoms. The molecule has 3 aromatic rings. The van der Waals surface area contributed by atoms with Gasteiger partial charge >= 0.3 is 5.95 Å². The monoisotopic (exact) mass is 345 g/mol. The zero-order chi connectivity index (χ0) is 17.1. The number of nitrogens with zero attached hydrogens (tertiary/aromatic N) is 5. The maximum absolute atomic E-state index is 10.6. The Balaban J connectivity index is 1.95. The molecule has 3 rings (SSSR count). The molecule has 0 unspecified atom stereocenters. The minimum Gasteiger partial charge on any atom is -0.481 e. The van der Waals surface area contributed by atoms with Gasteiger partial charge in [0, 0.05) is 21.9 Å². The first-order valence-corrected chi connectivity index (χ1v) is 7.27. The molecule has 0 aliphatic rings. The summed E-state index contributed by atoms with van der Waals surface area (Å²) >= 11 is 6.04. The predicted molar refractivity (Wildman–Crippen MR) is 87.0 cm³/mol. The van der Waals surface area contributed by atoms with E-state index in [1.54, 1.807) is 12.3 Å². The summed E-state index contributed by atoms with van der Waals surface area (Å²) in [6.45, 7) is 0.297. The maximum Gasteiger partial charge on any atom is 0.490 e. The molecule has 122 valence electrons. The van der Waals surface area contributed by atoms with Gasteiger partial charge in [0.05, 0.1) is 13.7 Å². The third-order valence-electron chi connectivity index (χ3n) is 3.27. The fraction of sp³-hybridized carbons (Fsp3) is 0.133. The minimum atomic E-state index is -0.639. The molecule has 0 bridgehead atoms. The molecule has 0 atom stereocenters. The van der Waals surface area contributed by atoms with Gasteiger partial charge < -0.3 is 14.9 Å². The molecule has 8 nitrogen and oxygen atoms in total. The third kappa shape index (κ3) is 3.33. The number of halogens is 1. The molecule has 1 aromatic carbocycles. The van der Waals surface area contributed by atoms with Crippen molar-refractivity contribution < 1.29 is 9.66 Å². The number of benzene rings is 1. The van der Waals surface area contributed by atoms with E-state index in [1.807, 2.05) is 24.3 Å². The molecule has 0 aliphatic carbocycles. The summed E-state index contributed by atoms with van der Waals surface area (Å²) in [5.74, 6) is 0.0251. The molecule has 2 heterocycles. The lowest BCUT2D eigenvalue weighted by Gasteiger charge is -2.10. The van der Waals surface area contributed by atoms with E-state index in [2.05, 4.69) is 15.1 Å². The van der Waals surface area contributed by atoms with Gasteiger partial charge in [-0.25, -0.2) is 4.98 Å². The van der Waals surface area contributed by atoms with Gasteiger partial charge in [0.1, 0.15) is 0 Å². The molecule has 0 N–H and O–H groups in total. The summed E-state index contributed by atoms with van der Waals surface area (Å²) in [5.41, 5.74) is 2.43. The van der Waals surface area contributed by atoms with Crippen LogP contribution in [-0.2, 0) is 6.54 Å². The third-order valence-corrected chi connectivity index (χ3v) is 3.50. The topological polar surface area (TPSA) is 96.0 Å². The maximum atomic E-state index is 10.6. The van der Waals surface area contributed by atoms with Crippen LogP contribution in [0.25, 0.3) is 11.1 Å². The number of hydrogen-bond acceptors (Lipinski definition) is 6. The summed E-state index contributed by atoms with van der Waals surface area (Å²) < 4.78 is 6.68. The van der Waals surface area contributed by atoms with Crippen molar-refractivity contribution in [3.63, 3.8) is 0 Å². The Morgan fingerprint density at radius 3 is 2.83 bits per heavy atom. The summed E-state index contributed by atoms with van der Waals surface area (Å²) in [4.78, 5) is 17.9. The largest absolute Gasteiger partial charge is 0.490 e. The fourth-order valence-corrected chi connectivity index (χ4v) is 2.43. The lowest BCUT2D eigenvalue weighted by atomic mass is 10.1. The highest BCUT2D eigenvalue weighted by atomic mass is 35.5. The van der Waals surface area contributed by atoms with Crippen molar-refractivity contribution in [2.24, 2.45) is 0 Å². The smallest absolute Gasteiger partial charge is 0.481 e. The number of methoxy groups -OCH3 is 1. The van der Waals surface area contributed by atoms with Crippen LogP contribution in [0.15, 0.2) is 42.9 Å². The number of aromatic nitrogens is 4. The van der Waals surface area contributed by atoms with Crippen LogP contribution in [0.1, 0.15) is 5.56 Å². The Bertz CT molecular complexity index is 896. The summed E-state index contributed by atoms with van der Waals surface area (Å²) in [6.07, 6.45) is 2.93. The first-order valence-electron chi connectivity index (χ1n) is 6.89. The highest BCUT2D eigenvalue weighted by molar-refractivity contribution is 6.30. The van der Waals surface area contributed by atoms with Crippen molar-refractivity contribution in [1.29, 1.82) is 0 Å². The van der Waals surface area contributed by atoms with Crippen molar-refractivity contribution >= 4 is 17.5 Å². The van der Waals surface area contributed by atoms with E-state index in [0.29, 0.717) is 17.4 Å². The van der Waals surface area contributed by atoms with Crippen LogP contribution < -0.4 is 4.74 Å². The number of nitro groups is 1. The average molecular weight is 346 g/mol. The minimum absolute atomic E-state index is 0.297. The molecule has 0 radical (unpaired) electrons. The van der Waals surface area contributed by atoms with Gasteiger partial charge in [-0.15, -0.1) is 0 Å². The quantitative estimate of drug-likeness (QED) is 0.521. The SMILES string of the molecule is COc1ncc(Cn2cnc([N+](=O)[O-])n2)cc1-c1cccc(Cl)c1. The van der Waals surface area contributed by atoms with E-state index in [-0.39, 0.29) is 0 Å². The van der Waals surface area contributed by atoms with Gasteiger partial charge in [-0.2, -0.15) is 4.68 Å². The zero-order valence-corrected chi connectivity index (χ0v) is 13.3. The van der Waals surface area contributed by atoms with Crippen LogP contribution in [-0.4, -0.2) is 31.8 Å². The van der Waals surface area contributed by atoms with Crippen molar-refractivity contribution in [3.8, 4) is 17.0 Å². The van der Waals surface area contributed by atoms with Crippen molar-refractivity contribution in [1.82, 2.24) is 19.7 Å². The Kier molecular flexibility index (Phi) is 4.39. The lowest BCUT2D eigenvalue weighted by molar-refractivity contribution is -0.394. The average Bonchev–Trinajstić information content (AvgIpc) is 3.03. The number of ether oxygens (including phenoxy) is 1. The van der Waals surface area contributed by atoms with Gasteiger partial charge in [0.25, 0.3) is 0 Å². The molecule has 0 saturated heterocycles. The highest BCUT2D eigenvalue weighted by Gasteiger charge is 2.15. The number of hydrogen-bond donors (Lipinski definition) is 0. The second-order valence-electron chi connectivity index (χ2n) is 4.91. The molecule has 9 heteroatoms. The van der Waals surface area contributed by atoms with Crippen LogP contribution in [0.2, 0.25) is 5.02 Å². The van der Waals surface area contributed by atoms with Gasteiger partial charge in [0.2, 0.25) is 12.2 Å². The van der Waals surface area contributed by atoms with Gasteiger partial charge in [-0.1, -0.05) is 28.7 Å². The molecule has 0 aliphatic heterocycles. The second kappa shape index (κ2) is 6.63. The zero-order valence-electron chi connectivity index (χ0n) is 12.6. The van der Waals surface area contributed by atoms with Crippen LogP contribution in [0.4, 0.5) is 5.95 Å². The van der Waals surface area contributed by atoms with Crippen molar-refractivity contribution in [2.75, 3.05) is 7.11 Å². The van der Waals surface area contributed by atoms with E-state index in [9.17, 15) is 10.1 Å². The van der Waals surface area contributed by atoms with E-state index in [4.69, 9.17) is 16.3 Å². The Morgan fingerprint density at radius 2 is 2.17 bits per heavy atom. The standard InChI is InChI=1S/C15H12ClN5O3/c1-24-14-13(11-3-2-4-12(16)6-11)5-10(7-17-14)8-20-9-18-15(19-20)21(22)23/h2-7,9H,8H2,1H3. The van der Waals surface area contributed by atoms with Crippen LogP contribution in [0.3, 0.4) is 0 Å². The van der Waals surface area contributed by atoms with Gasteiger partial charge in [-0.05, 0) is 34.2 Å². The van der Waals surface area contributed by atoms with Crippen LogP contribution in [0, 0.1) is 10.1 Å². The molecule has 2 aromatic heterocycles. The summed E-state index contributed by atoms with van der Waals surface area (Å²) in [7, 11) is 1.54. The molecule has 0 fully saturated rings. The first-order chi connectivity index (χ1) is 11.6. The van der Waals surface area contributed by atoms with Crippen LogP contribution in [0.5, 0.6) is 5.88 Å². The van der Waals surface area contributed by atoms with Crippen molar-refractivity contribution in [3.05, 3.63) is 63.6 Å². The Morgan fingerprint density at radius 1 is 1.33 bits per heavy atom.